The number of rotatable bonds is 9. The van der Waals surface area contributed by atoms with Crippen LogP contribution >= 0.6 is 0 Å². The Kier molecular flexibility index (Phi) is 7.88. The van der Waals surface area contributed by atoms with Crippen molar-refractivity contribution in [3.05, 3.63) is 35.4 Å². The van der Waals surface area contributed by atoms with Crippen molar-refractivity contribution in [2.75, 3.05) is 0 Å². The van der Waals surface area contributed by atoms with Crippen LogP contribution in [0.4, 0.5) is 70.2 Å². The molecule has 35 heavy (non-hydrogen) atoms. The molecule has 0 aliphatic carbocycles. The summed E-state index contributed by atoms with van der Waals surface area (Å²) in [7, 11) is 0. The quantitative estimate of drug-likeness (QED) is 0.316. The largest absolute Gasteiger partial charge is 0.460 e. The minimum absolute atomic E-state index is 0.188. The third kappa shape index (κ3) is 4.88. The number of benzene rings is 1. The van der Waals surface area contributed by atoms with Gasteiger partial charge in [-0.1, -0.05) is 37.6 Å². The molecule has 0 aliphatic rings. The molecule has 0 amide bonds. The predicted molar refractivity (Wildman–Crippen MR) is 85.8 cm³/mol. The van der Waals surface area contributed by atoms with Gasteiger partial charge in [0.05, 0.1) is 6.42 Å². The lowest BCUT2D eigenvalue weighted by atomic mass is 9.82. The van der Waals surface area contributed by atoms with Crippen LogP contribution in [0.1, 0.15) is 30.9 Å². The van der Waals surface area contributed by atoms with E-state index in [4.69, 9.17) is 0 Å². The maximum Gasteiger partial charge on any atom is 0.460 e. The van der Waals surface area contributed by atoms with Crippen molar-refractivity contribution >= 4 is 0 Å². The van der Waals surface area contributed by atoms with Crippen molar-refractivity contribution in [2.45, 2.75) is 73.8 Å². The van der Waals surface area contributed by atoms with E-state index in [1.54, 1.807) is 6.92 Å². The summed E-state index contributed by atoms with van der Waals surface area (Å²) >= 11 is 0. The Balaban J connectivity index is 3.63. The summed E-state index contributed by atoms with van der Waals surface area (Å²) in [6.45, 7) is 1.60. The maximum atomic E-state index is 14.1. The molecule has 0 radical (unpaired) electrons. The normalized spacial score (nSPS) is 16.9. The zero-order chi connectivity index (χ0) is 28.1. The van der Waals surface area contributed by atoms with E-state index in [1.165, 1.54) is 0 Å². The summed E-state index contributed by atoms with van der Waals surface area (Å²) in [6.07, 6.45) is -17.3. The Morgan fingerprint density at radius 2 is 0.971 bits per heavy atom. The molecule has 1 aromatic carbocycles. The molecule has 0 aromatic heterocycles. The zero-order valence-corrected chi connectivity index (χ0v) is 16.9. The van der Waals surface area contributed by atoms with E-state index >= 15 is 0 Å². The molecule has 1 atom stereocenters. The van der Waals surface area contributed by atoms with Crippen molar-refractivity contribution < 1.29 is 75.4 Å². The van der Waals surface area contributed by atoms with Crippen molar-refractivity contribution in [2.24, 2.45) is 0 Å². The van der Waals surface area contributed by atoms with Crippen molar-refractivity contribution in [3.8, 4) is 0 Å². The fraction of sp³-hybridized carbons (Fsp3) is 0.667. The van der Waals surface area contributed by atoms with Crippen molar-refractivity contribution in [3.63, 3.8) is 0 Å². The second kappa shape index (κ2) is 8.87. The van der Waals surface area contributed by atoms with Gasteiger partial charge in [0, 0.05) is 0 Å². The van der Waals surface area contributed by atoms with Crippen LogP contribution in [0, 0.1) is 0 Å². The Hall–Kier alpha value is -1.94. The van der Waals surface area contributed by atoms with E-state index in [2.05, 4.69) is 0 Å². The molecule has 1 unspecified atom stereocenters. The van der Waals surface area contributed by atoms with Gasteiger partial charge in [0.1, 0.15) is 0 Å². The summed E-state index contributed by atoms with van der Waals surface area (Å²) in [5.74, 6) is -39.6. The molecule has 0 saturated carbocycles. The molecular formula is C18H14F16O. The van der Waals surface area contributed by atoms with Crippen LogP contribution in [0.5, 0.6) is 0 Å². The van der Waals surface area contributed by atoms with Gasteiger partial charge in [-0.15, -0.1) is 0 Å². The average Bonchev–Trinajstić information content (AvgIpc) is 2.66. The number of aryl methyl sites for hydroxylation is 1. The number of aliphatic hydroxyl groups is 1. The van der Waals surface area contributed by atoms with Crippen LogP contribution in [0.2, 0.25) is 0 Å². The smallest absolute Gasteiger partial charge is 0.376 e. The topological polar surface area (TPSA) is 20.2 Å². The summed E-state index contributed by atoms with van der Waals surface area (Å²) in [6, 6.07) is 2.13. The van der Waals surface area contributed by atoms with E-state index in [9.17, 15) is 75.4 Å². The fourth-order valence-corrected chi connectivity index (χ4v) is 2.84. The molecule has 0 saturated heterocycles. The van der Waals surface area contributed by atoms with E-state index < -0.39 is 59.6 Å². The molecule has 0 bridgehead atoms. The van der Waals surface area contributed by atoms with Gasteiger partial charge >= 0.3 is 42.0 Å². The molecule has 1 N–H and O–H groups in total. The third-order valence-electron chi connectivity index (χ3n) is 4.92. The van der Waals surface area contributed by atoms with E-state index in [0.29, 0.717) is 6.42 Å². The standard InChI is InChI=1S/C18H14F16O/c1-2-3-9-4-6-10(7-5-9)11(35,17(29,30)31)8-12(19,20)13(21,22)14(23,24)15(25,26)16(27,28)18(32,33)34/h4-7,35H,2-3,8H2,1H3. The summed E-state index contributed by atoms with van der Waals surface area (Å²) in [4.78, 5) is 0. The molecule has 204 valence electrons. The Labute approximate surface area is 185 Å². The van der Waals surface area contributed by atoms with Crippen LogP contribution in [-0.4, -0.2) is 47.1 Å². The van der Waals surface area contributed by atoms with Gasteiger partial charge in [0.25, 0.3) is 0 Å². The van der Waals surface area contributed by atoms with Gasteiger partial charge in [-0.25, -0.2) is 0 Å². The SMILES string of the molecule is CCCc1ccc(C(O)(CC(F)(F)C(F)(F)C(F)(F)C(F)(F)C(F)(F)C(F)(F)F)C(F)(F)F)cc1. The highest BCUT2D eigenvalue weighted by Crippen LogP contribution is 2.62. The summed E-state index contributed by atoms with van der Waals surface area (Å²) in [5, 5.41) is 9.80. The van der Waals surface area contributed by atoms with Gasteiger partial charge in [0.2, 0.25) is 0 Å². The van der Waals surface area contributed by atoms with Gasteiger partial charge < -0.3 is 5.11 Å². The Morgan fingerprint density at radius 3 is 1.31 bits per heavy atom. The minimum atomic E-state index is -8.26. The molecule has 17 heteroatoms. The highest BCUT2D eigenvalue weighted by Gasteiger charge is 2.91. The molecule has 1 nitrogen and oxygen atoms in total. The number of hydrogen-bond acceptors (Lipinski definition) is 1. The number of hydrogen-bond donors (Lipinski definition) is 1. The van der Waals surface area contributed by atoms with E-state index in [1.807, 2.05) is 0 Å². The zero-order valence-electron chi connectivity index (χ0n) is 16.9. The second-order valence-corrected chi connectivity index (χ2v) is 7.48. The molecule has 1 rings (SSSR count). The molecule has 0 spiro atoms. The first kappa shape index (κ1) is 31.1. The molecular weight excluding hydrogens is 536 g/mol. The average molecular weight is 550 g/mol. The number of alkyl halides is 16. The lowest BCUT2D eigenvalue weighted by Crippen LogP contribution is -2.70. The minimum Gasteiger partial charge on any atom is -0.376 e. The first-order chi connectivity index (χ1) is 15.2. The van der Waals surface area contributed by atoms with Gasteiger partial charge in [-0.05, 0) is 17.5 Å². The first-order valence-electron chi connectivity index (χ1n) is 9.09. The Bertz CT molecular complexity index is 868. The molecule has 0 heterocycles. The van der Waals surface area contributed by atoms with Crippen LogP contribution in [0.25, 0.3) is 0 Å². The molecule has 1 aromatic rings. The monoisotopic (exact) mass is 550 g/mol. The van der Waals surface area contributed by atoms with Gasteiger partial charge in [0.15, 0.2) is 5.60 Å². The van der Waals surface area contributed by atoms with Crippen molar-refractivity contribution in [1.82, 2.24) is 0 Å². The highest BCUT2D eigenvalue weighted by atomic mass is 19.4. The van der Waals surface area contributed by atoms with Gasteiger partial charge in [-0.3, -0.25) is 0 Å². The van der Waals surface area contributed by atoms with Gasteiger partial charge in [-0.2, -0.15) is 70.2 Å². The van der Waals surface area contributed by atoms with Crippen LogP contribution < -0.4 is 0 Å². The first-order valence-corrected chi connectivity index (χ1v) is 9.09. The van der Waals surface area contributed by atoms with Crippen molar-refractivity contribution in [1.29, 1.82) is 0 Å². The predicted octanol–water partition coefficient (Wildman–Crippen LogP) is 7.52. The van der Waals surface area contributed by atoms with Crippen LogP contribution in [-0.2, 0) is 12.0 Å². The summed E-state index contributed by atoms with van der Waals surface area (Å²) in [5.41, 5.74) is -6.57. The van der Waals surface area contributed by atoms with Crippen LogP contribution in [0.3, 0.4) is 0 Å². The lowest BCUT2D eigenvalue weighted by Gasteiger charge is -2.42. The Morgan fingerprint density at radius 1 is 0.571 bits per heavy atom. The highest BCUT2D eigenvalue weighted by molar-refractivity contribution is 5.30. The molecule has 0 fully saturated rings. The van der Waals surface area contributed by atoms with Crippen LogP contribution in [0.15, 0.2) is 24.3 Å². The fourth-order valence-electron chi connectivity index (χ4n) is 2.84. The molecule has 0 aliphatic heterocycles. The second-order valence-electron chi connectivity index (χ2n) is 7.48. The number of halogens is 16. The summed E-state index contributed by atoms with van der Waals surface area (Å²) < 4.78 is 212. The lowest BCUT2D eigenvalue weighted by molar-refractivity contribution is -0.443. The van der Waals surface area contributed by atoms with E-state index in [-0.39, 0.29) is 24.1 Å². The third-order valence-corrected chi connectivity index (χ3v) is 4.92. The van der Waals surface area contributed by atoms with E-state index in [0.717, 1.165) is 12.1 Å². The maximum absolute atomic E-state index is 14.1.